The highest BCUT2D eigenvalue weighted by molar-refractivity contribution is 5.97. The van der Waals surface area contributed by atoms with E-state index < -0.39 is 0 Å². The van der Waals surface area contributed by atoms with E-state index in [9.17, 15) is 4.79 Å². The van der Waals surface area contributed by atoms with E-state index in [0.717, 1.165) is 24.4 Å². The normalized spacial score (nSPS) is 39.0. The van der Waals surface area contributed by atoms with Crippen LogP contribution in [0.2, 0.25) is 0 Å². The second kappa shape index (κ2) is 5.55. The number of cyclic esters (lactones) is 1. The van der Waals surface area contributed by atoms with Crippen LogP contribution in [0.15, 0.2) is 40.9 Å². The Labute approximate surface area is 149 Å². The Hall–Kier alpha value is -1.90. The van der Waals surface area contributed by atoms with Gasteiger partial charge in [0.05, 0.1) is 11.6 Å². The summed E-state index contributed by atoms with van der Waals surface area (Å²) in [4.78, 5) is 17.5. The minimum Gasteiger partial charge on any atom is -0.462 e. The van der Waals surface area contributed by atoms with Gasteiger partial charge >= 0.3 is 5.97 Å². The summed E-state index contributed by atoms with van der Waals surface area (Å²) in [5.74, 6) is 1.78. The third-order valence-electron chi connectivity index (χ3n) is 6.82. The van der Waals surface area contributed by atoms with Crippen molar-refractivity contribution in [3.8, 4) is 0 Å². The number of benzene rings is 1. The number of rotatable bonds is 1. The van der Waals surface area contributed by atoms with E-state index in [-0.39, 0.29) is 23.9 Å². The molecule has 1 saturated heterocycles. The molecule has 130 valence electrons. The van der Waals surface area contributed by atoms with Gasteiger partial charge in [-0.25, -0.2) is 0 Å². The van der Waals surface area contributed by atoms with Crippen LogP contribution in [0.4, 0.5) is 5.69 Å². The van der Waals surface area contributed by atoms with Crippen LogP contribution in [0.1, 0.15) is 38.7 Å². The van der Waals surface area contributed by atoms with Gasteiger partial charge in [0.15, 0.2) is 0 Å². The van der Waals surface area contributed by atoms with E-state index in [0.29, 0.717) is 11.8 Å². The molecule has 0 N–H and O–H groups in total. The summed E-state index contributed by atoms with van der Waals surface area (Å²) in [7, 11) is 0. The fourth-order valence-electron chi connectivity index (χ4n) is 5.70. The number of carbonyl (C=O) groups excluding carboxylic acids is 1. The predicted molar refractivity (Wildman–Crippen MR) is 97.9 cm³/mol. The first-order valence-corrected chi connectivity index (χ1v) is 9.68. The van der Waals surface area contributed by atoms with Gasteiger partial charge in [0, 0.05) is 24.0 Å². The third kappa shape index (κ3) is 2.32. The minimum atomic E-state index is -0.0667. The van der Waals surface area contributed by atoms with Crippen LogP contribution >= 0.6 is 0 Å². The lowest BCUT2D eigenvalue weighted by Gasteiger charge is -2.43. The van der Waals surface area contributed by atoms with Crippen molar-refractivity contribution in [3.63, 3.8) is 0 Å². The van der Waals surface area contributed by atoms with E-state index in [1.165, 1.54) is 29.7 Å². The molecule has 2 fully saturated rings. The number of carbonyl (C=O) groups is 1. The van der Waals surface area contributed by atoms with Crippen molar-refractivity contribution in [3.05, 3.63) is 41.5 Å². The largest absolute Gasteiger partial charge is 0.462 e. The van der Waals surface area contributed by atoms with Gasteiger partial charge < -0.3 is 4.74 Å². The number of esters is 1. The highest BCUT2D eigenvalue weighted by Gasteiger charge is 2.53. The van der Waals surface area contributed by atoms with Crippen LogP contribution in [-0.2, 0) is 16.0 Å². The third-order valence-corrected chi connectivity index (χ3v) is 6.82. The average molecular weight is 335 g/mol. The second-order valence-electron chi connectivity index (χ2n) is 8.41. The van der Waals surface area contributed by atoms with Gasteiger partial charge in [0.2, 0.25) is 0 Å². The minimum absolute atomic E-state index is 0.00828. The molecule has 1 aromatic rings. The number of para-hydroxylation sites is 1. The molecule has 0 bridgehead atoms. The monoisotopic (exact) mass is 335 g/mol. The molecule has 2 heterocycles. The van der Waals surface area contributed by atoms with Crippen molar-refractivity contribution in [1.29, 1.82) is 0 Å². The average Bonchev–Trinajstić information content (AvgIpc) is 3.14. The first-order chi connectivity index (χ1) is 12.1. The molecule has 4 aliphatic rings. The van der Waals surface area contributed by atoms with Crippen LogP contribution in [-0.4, -0.2) is 17.8 Å². The molecule has 3 heteroatoms. The van der Waals surface area contributed by atoms with E-state index in [4.69, 9.17) is 9.73 Å². The van der Waals surface area contributed by atoms with Crippen LogP contribution < -0.4 is 0 Å². The zero-order chi connectivity index (χ0) is 17.1. The van der Waals surface area contributed by atoms with Crippen molar-refractivity contribution in [2.45, 2.75) is 45.6 Å². The van der Waals surface area contributed by atoms with Crippen molar-refractivity contribution >= 4 is 17.4 Å². The molecule has 0 aromatic heterocycles. The van der Waals surface area contributed by atoms with Crippen LogP contribution in [0.25, 0.3) is 0 Å². The first-order valence-electron chi connectivity index (χ1n) is 9.68. The molecule has 5 rings (SSSR count). The maximum atomic E-state index is 12.4. The molecular formula is C22H25NO2. The highest BCUT2D eigenvalue weighted by atomic mass is 16.6. The van der Waals surface area contributed by atoms with E-state index in [1.807, 2.05) is 0 Å². The summed E-state index contributed by atoms with van der Waals surface area (Å²) in [5.41, 5.74) is 5.22. The molecule has 1 saturated carbocycles. The van der Waals surface area contributed by atoms with Crippen molar-refractivity contribution in [1.82, 2.24) is 0 Å². The van der Waals surface area contributed by atoms with Crippen LogP contribution in [0.3, 0.4) is 0 Å². The number of ether oxygens (including phenoxy) is 1. The van der Waals surface area contributed by atoms with Gasteiger partial charge in [-0.05, 0) is 49.7 Å². The maximum absolute atomic E-state index is 12.4. The van der Waals surface area contributed by atoms with E-state index >= 15 is 0 Å². The summed E-state index contributed by atoms with van der Waals surface area (Å²) in [6.45, 7) is 4.40. The Kier molecular flexibility index (Phi) is 3.41. The molecule has 2 aliphatic heterocycles. The fraction of sp³-hybridized carbons (Fsp3) is 0.545. The van der Waals surface area contributed by atoms with Gasteiger partial charge in [0.1, 0.15) is 6.10 Å². The van der Waals surface area contributed by atoms with Crippen molar-refractivity contribution in [2.24, 2.45) is 34.6 Å². The molecule has 2 aliphatic carbocycles. The molecule has 25 heavy (non-hydrogen) atoms. The quantitative estimate of drug-likeness (QED) is 0.560. The Bertz CT molecular complexity index is 793. The van der Waals surface area contributed by atoms with E-state index in [2.05, 4.69) is 44.2 Å². The number of hydrogen-bond donors (Lipinski definition) is 0. The Morgan fingerprint density at radius 3 is 2.84 bits per heavy atom. The fourth-order valence-corrected chi connectivity index (χ4v) is 5.70. The van der Waals surface area contributed by atoms with Crippen molar-refractivity contribution < 1.29 is 9.53 Å². The summed E-state index contributed by atoms with van der Waals surface area (Å²) < 4.78 is 5.67. The van der Waals surface area contributed by atoms with Gasteiger partial charge in [0.25, 0.3) is 0 Å². The number of hydrogen-bond acceptors (Lipinski definition) is 3. The maximum Gasteiger partial charge on any atom is 0.313 e. The van der Waals surface area contributed by atoms with Gasteiger partial charge in [-0.1, -0.05) is 36.8 Å². The number of fused-ring (bicyclic) bond motifs is 3. The topological polar surface area (TPSA) is 38.7 Å². The Morgan fingerprint density at radius 1 is 1.16 bits per heavy atom. The lowest BCUT2D eigenvalue weighted by Crippen LogP contribution is -2.43. The molecular weight excluding hydrogens is 310 g/mol. The smallest absolute Gasteiger partial charge is 0.313 e. The second-order valence-corrected chi connectivity index (χ2v) is 8.41. The van der Waals surface area contributed by atoms with Gasteiger partial charge in [-0.15, -0.1) is 0 Å². The summed E-state index contributed by atoms with van der Waals surface area (Å²) in [6.07, 6.45) is 6.83. The molecule has 6 atom stereocenters. The molecule has 0 spiro atoms. The molecule has 1 aromatic carbocycles. The summed E-state index contributed by atoms with van der Waals surface area (Å²) in [6, 6.07) is 8.46. The van der Waals surface area contributed by atoms with Crippen LogP contribution in [0.5, 0.6) is 0 Å². The lowest BCUT2D eigenvalue weighted by molar-refractivity contribution is -0.142. The summed E-state index contributed by atoms with van der Waals surface area (Å²) >= 11 is 0. The van der Waals surface area contributed by atoms with Gasteiger partial charge in [-0.2, -0.15) is 0 Å². The molecule has 3 nitrogen and oxygen atoms in total. The molecule has 0 amide bonds. The zero-order valence-corrected chi connectivity index (χ0v) is 14.9. The Balaban J connectivity index is 1.57. The summed E-state index contributed by atoms with van der Waals surface area (Å²) in [5, 5.41) is 0. The van der Waals surface area contributed by atoms with E-state index in [1.54, 1.807) is 0 Å². The molecule has 0 radical (unpaired) electrons. The highest BCUT2D eigenvalue weighted by Crippen LogP contribution is 2.52. The predicted octanol–water partition coefficient (Wildman–Crippen LogP) is 4.49. The first kappa shape index (κ1) is 15.4. The Morgan fingerprint density at radius 2 is 2.00 bits per heavy atom. The number of aliphatic imine (C=N–C) groups is 1. The lowest BCUT2D eigenvalue weighted by atomic mass is 9.59. The standard InChI is InChI=1S/C22H25NO2/c1-12-7-8-16-15(9-12)10-17-20(13(2)25-22(17)24)21(16)19-11-14-5-3-4-6-18(14)23-19/h3-6,10,12-13,16-17,20-21H,7-9,11H2,1-2H3/t12-,13-,16-,17-,20-,21-/m1/s1. The zero-order valence-electron chi connectivity index (χ0n) is 14.9. The van der Waals surface area contributed by atoms with Gasteiger partial charge in [-0.3, -0.25) is 9.79 Å². The number of allylic oxidation sites excluding steroid dienone is 1. The number of nitrogens with zero attached hydrogens (tertiary/aromatic N) is 1. The van der Waals surface area contributed by atoms with Crippen LogP contribution in [0, 0.1) is 29.6 Å². The molecule has 0 unspecified atom stereocenters. The SMILES string of the molecule is C[C@@H]1CC[C@@H]2C(=C[C@H]3C(=O)O[C@H](C)[C@H]3[C@H]2C2=Nc3ccccc3C2)C1. The van der Waals surface area contributed by atoms with Crippen molar-refractivity contribution in [2.75, 3.05) is 0 Å².